The number of rotatable bonds is 4. The standard InChI is InChI=1S/C19H25FN4O/c1-4-18-14(2)21-24(15(18)3)13-19(25)23-11-9-22(10-12-23)17-7-5-16(20)6-8-17/h5-8H,4,9-13H2,1-3H3. The zero-order chi connectivity index (χ0) is 18.0. The van der Waals surface area contributed by atoms with Crippen LogP contribution in [0.4, 0.5) is 10.1 Å². The molecule has 1 aromatic heterocycles. The fourth-order valence-electron chi connectivity index (χ4n) is 3.49. The van der Waals surface area contributed by atoms with Gasteiger partial charge >= 0.3 is 0 Å². The normalized spacial score (nSPS) is 14.9. The molecular formula is C19H25FN4O. The lowest BCUT2D eigenvalue weighted by Crippen LogP contribution is -2.49. The summed E-state index contributed by atoms with van der Waals surface area (Å²) in [4.78, 5) is 16.7. The molecule has 0 unspecified atom stereocenters. The third-order valence-electron chi connectivity index (χ3n) is 4.99. The van der Waals surface area contributed by atoms with Crippen LogP contribution in [0, 0.1) is 19.7 Å². The summed E-state index contributed by atoms with van der Waals surface area (Å²) in [5.41, 5.74) is 4.32. The van der Waals surface area contributed by atoms with E-state index in [1.165, 1.54) is 17.7 Å². The summed E-state index contributed by atoms with van der Waals surface area (Å²) in [7, 11) is 0. The summed E-state index contributed by atoms with van der Waals surface area (Å²) in [5, 5.41) is 4.51. The molecule has 0 bridgehead atoms. The highest BCUT2D eigenvalue weighted by atomic mass is 19.1. The van der Waals surface area contributed by atoms with Gasteiger partial charge < -0.3 is 9.80 Å². The summed E-state index contributed by atoms with van der Waals surface area (Å²) in [5.74, 6) is -0.124. The predicted molar refractivity (Wildman–Crippen MR) is 96.3 cm³/mol. The first kappa shape index (κ1) is 17.5. The van der Waals surface area contributed by atoms with Crippen LogP contribution in [-0.4, -0.2) is 46.8 Å². The van der Waals surface area contributed by atoms with Gasteiger partial charge in [0.25, 0.3) is 0 Å². The fraction of sp³-hybridized carbons (Fsp3) is 0.474. The van der Waals surface area contributed by atoms with Crippen LogP contribution in [0.25, 0.3) is 0 Å². The van der Waals surface area contributed by atoms with Gasteiger partial charge in [0.2, 0.25) is 5.91 Å². The molecule has 1 fully saturated rings. The number of aromatic nitrogens is 2. The van der Waals surface area contributed by atoms with E-state index in [9.17, 15) is 9.18 Å². The molecule has 2 heterocycles. The lowest BCUT2D eigenvalue weighted by molar-refractivity contribution is -0.132. The molecule has 6 heteroatoms. The Labute approximate surface area is 148 Å². The molecule has 1 amide bonds. The highest BCUT2D eigenvalue weighted by molar-refractivity contribution is 5.76. The Bertz CT molecular complexity index is 746. The molecule has 5 nitrogen and oxygen atoms in total. The molecule has 0 N–H and O–H groups in total. The molecule has 1 aliphatic rings. The van der Waals surface area contributed by atoms with Gasteiger partial charge in [-0.25, -0.2) is 4.39 Å². The van der Waals surface area contributed by atoms with Crippen LogP contribution in [0.3, 0.4) is 0 Å². The van der Waals surface area contributed by atoms with Crippen molar-refractivity contribution >= 4 is 11.6 Å². The number of anilines is 1. The maximum Gasteiger partial charge on any atom is 0.244 e. The van der Waals surface area contributed by atoms with Crippen molar-refractivity contribution in [3.8, 4) is 0 Å². The van der Waals surface area contributed by atoms with Gasteiger partial charge in [0.15, 0.2) is 0 Å². The number of halogens is 1. The van der Waals surface area contributed by atoms with Crippen molar-refractivity contribution in [1.29, 1.82) is 0 Å². The topological polar surface area (TPSA) is 41.4 Å². The molecule has 1 aliphatic heterocycles. The Morgan fingerprint density at radius 2 is 1.76 bits per heavy atom. The third kappa shape index (κ3) is 3.67. The quantitative estimate of drug-likeness (QED) is 0.856. The molecule has 1 aromatic carbocycles. The van der Waals surface area contributed by atoms with Gasteiger partial charge in [-0.15, -0.1) is 0 Å². The summed E-state index contributed by atoms with van der Waals surface area (Å²) in [6.07, 6.45) is 0.933. The van der Waals surface area contributed by atoms with Crippen LogP contribution in [0.1, 0.15) is 23.9 Å². The van der Waals surface area contributed by atoms with Crippen molar-refractivity contribution < 1.29 is 9.18 Å². The van der Waals surface area contributed by atoms with E-state index >= 15 is 0 Å². The first-order chi connectivity index (χ1) is 12.0. The van der Waals surface area contributed by atoms with E-state index in [4.69, 9.17) is 0 Å². The molecule has 0 aliphatic carbocycles. The van der Waals surface area contributed by atoms with Gasteiger partial charge in [-0.2, -0.15) is 5.10 Å². The molecular weight excluding hydrogens is 319 g/mol. The smallest absolute Gasteiger partial charge is 0.244 e. The number of benzene rings is 1. The van der Waals surface area contributed by atoms with Gasteiger partial charge in [-0.3, -0.25) is 9.48 Å². The molecule has 0 spiro atoms. The van der Waals surface area contributed by atoms with Gasteiger partial charge in [0.1, 0.15) is 12.4 Å². The molecule has 0 saturated carbocycles. The molecule has 25 heavy (non-hydrogen) atoms. The second-order valence-corrected chi connectivity index (χ2v) is 6.50. The molecule has 0 radical (unpaired) electrons. The second-order valence-electron chi connectivity index (χ2n) is 6.50. The van der Waals surface area contributed by atoms with Crippen LogP contribution in [-0.2, 0) is 17.8 Å². The van der Waals surface area contributed by atoms with Crippen molar-refractivity contribution in [3.05, 3.63) is 47.0 Å². The van der Waals surface area contributed by atoms with E-state index in [0.717, 1.165) is 36.6 Å². The minimum absolute atomic E-state index is 0.104. The van der Waals surface area contributed by atoms with Crippen molar-refractivity contribution in [2.24, 2.45) is 0 Å². The second kappa shape index (κ2) is 7.25. The van der Waals surface area contributed by atoms with Gasteiger partial charge in [-0.1, -0.05) is 6.92 Å². The summed E-state index contributed by atoms with van der Waals surface area (Å²) in [6, 6.07) is 6.52. The minimum atomic E-state index is -0.228. The Morgan fingerprint density at radius 1 is 1.12 bits per heavy atom. The highest BCUT2D eigenvalue weighted by Gasteiger charge is 2.22. The van der Waals surface area contributed by atoms with Crippen LogP contribution < -0.4 is 4.90 Å². The number of hydrogen-bond acceptors (Lipinski definition) is 3. The number of amides is 1. The number of nitrogens with zero attached hydrogens (tertiary/aromatic N) is 4. The monoisotopic (exact) mass is 344 g/mol. The number of piperazine rings is 1. The SMILES string of the molecule is CCc1c(C)nn(CC(=O)N2CCN(c3ccc(F)cc3)CC2)c1C. The molecule has 3 rings (SSSR count). The number of hydrogen-bond donors (Lipinski definition) is 0. The van der Waals surface area contributed by atoms with Gasteiger partial charge in [0.05, 0.1) is 5.69 Å². The summed E-state index contributed by atoms with van der Waals surface area (Å²) < 4.78 is 14.9. The number of carbonyl (C=O) groups excluding carboxylic acids is 1. The zero-order valence-electron chi connectivity index (χ0n) is 15.1. The lowest BCUT2D eigenvalue weighted by atomic mass is 10.1. The molecule has 0 atom stereocenters. The first-order valence-electron chi connectivity index (χ1n) is 8.80. The van der Waals surface area contributed by atoms with Crippen molar-refractivity contribution in [2.75, 3.05) is 31.1 Å². The lowest BCUT2D eigenvalue weighted by Gasteiger charge is -2.36. The van der Waals surface area contributed by atoms with Crippen molar-refractivity contribution in [3.63, 3.8) is 0 Å². The minimum Gasteiger partial charge on any atom is -0.368 e. The van der Waals surface area contributed by atoms with E-state index in [0.29, 0.717) is 19.6 Å². The van der Waals surface area contributed by atoms with E-state index in [-0.39, 0.29) is 11.7 Å². The summed E-state index contributed by atoms with van der Waals surface area (Å²) in [6.45, 7) is 9.30. The maximum absolute atomic E-state index is 13.0. The molecule has 134 valence electrons. The number of carbonyl (C=O) groups is 1. The molecule has 1 saturated heterocycles. The highest BCUT2D eigenvalue weighted by Crippen LogP contribution is 2.18. The van der Waals surface area contributed by atoms with Crippen LogP contribution in [0.5, 0.6) is 0 Å². The van der Waals surface area contributed by atoms with Crippen LogP contribution in [0.15, 0.2) is 24.3 Å². The maximum atomic E-state index is 13.0. The van der Waals surface area contributed by atoms with E-state index in [2.05, 4.69) is 16.9 Å². The van der Waals surface area contributed by atoms with E-state index in [1.54, 1.807) is 12.1 Å². The Morgan fingerprint density at radius 3 is 2.32 bits per heavy atom. The Hall–Kier alpha value is -2.37. The van der Waals surface area contributed by atoms with Gasteiger partial charge in [-0.05, 0) is 50.1 Å². The summed E-state index contributed by atoms with van der Waals surface area (Å²) >= 11 is 0. The Balaban J connectivity index is 1.59. The van der Waals surface area contributed by atoms with Crippen LogP contribution >= 0.6 is 0 Å². The average Bonchev–Trinajstić information content (AvgIpc) is 2.88. The largest absolute Gasteiger partial charge is 0.368 e. The number of aryl methyl sites for hydroxylation is 1. The van der Waals surface area contributed by atoms with Crippen LogP contribution in [0.2, 0.25) is 0 Å². The van der Waals surface area contributed by atoms with Crippen molar-refractivity contribution in [1.82, 2.24) is 14.7 Å². The third-order valence-corrected chi connectivity index (χ3v) is 4.99. The average molecular weight is 344 g/mol. The first-order valence-corrected chi connectivity index (χ1v) is 8.80. The van der Waals surface area contributed by atoms with Gasteiger partial charge in [0, 0.05) is 37.6 Å². The Kier molecular flexibility index (Phi) is 5.06. The fourth-order valence-corrected chi connectivity index (χ4v) is 3.49. The zero-order valence-corrected chi connectivity index (χ0v) is 15.1. The van der Waals surface area contributed by atoms with E-state index < -0.39 is 0 Å². The molecule has 2 aromatic rings. The van der Waals surface area contributed by atoms with Crippen molar-refractivity contribution in [2.45, 2.75) is 33.7 Å². The van der Waals surface area contributed by atoms with E-state index in [1.807, 2.05) is 23.4 Å². The predicted octanol–water partition coefficient (Wildman–Crippen LogP) is 2.55.